The van der Waals surface area contributed by atoms with Crippen LogP contribution in [0, 0.1) is 6.92 Å². The number of aromatic nitrogens is 3. The van der Waals surface area contributed by atoms with E-state index in [9.17, 15) is 5.11 Å². The van der Waals surface area contributed by atoms with Crippen molar-refractivity contribution in [3.8, 4) is 5.69 Å². The molecule has 0 aliphatic carbocycles. The van der Waals surface area contributed by atoms with Crippen molar-refractivity contribution in [1.82, 2.24) is 14.5 Å². The van der Waals surface area contributed by atoms with Crippen LogP contribution in [0.2, 0.25) is 0 Å². The van der Waals surface area contributed by atoms with E-state index in [4.69, 9.17) is 0 Å². The Balaban J connectivity index is 2.16. The zero-order valence-corrected chi connectivity index (χ0v) is 10.9. The highest BCUT2D eigenvalue weighted by molar-refractivity contribution is 5.77. The van der Waals surface area contributed by atoms with Crippen LogP contribution < -0.4 is 0 Å². The van der Waals surface area contributed by atoms with E-state index in [-0.39, 0.29) is 0 Å². The lowest BCUT2D eigenvalue weighted by Gasteiger charge is -2.09. The molecule has 2 aromatic heterocycles. The van der Waals surface area contributed by atoms with Gasteiger partial charge in [0.05, 0.1) is 17.8 Å². The first kappa shape index (κ1) is 11.9. The second-order valence-electron chi connectivity index (χ2n) is 4.63. The Labute approximate surface area is 111 Å². The molecule has 19 heavy (non-hydrogen) atoms. The van der Waals surface area contributed by atoms with Gasteiger partial charge in [0.15, 0.2) is 0 Å². The van der Waals surface area contributed by atoms with Gasteiger partial charge in [-0.2, -0.15) is 0 Å². The lowest BCUT2D eigenvalue weighted by atomic mass is 10.1. The maximum Gasteiger partial charge on any atom is 0.111 e. The number of aliphatic hydroxyl groups is 1. The van der Waals surface area contributed by atoms with Crippen LogP contribution in [0.1, 0.15) is 24.4 Å². The number of benzene rings is 1. The van der Waals surface area contributed by atoms with E-state index in [1.807, 2.05) is 37.3 Å². The molecule has 1 unspecified atom stereocenters. The lowest BCUT2D eigenvalue weighted by molar-refractivity contribution is 0.199. The Morgan fingerprint density at radius 3 is 2.58 bits per heavy atom. The van der Waals surface area contributed by atoms with Gasteiger partial charge in [-0.05, 0) is 37.6 Å². The first-order valence-electron chi connectivity index (χ1n) is 6.24. The molecule has 3 aromatic rings. The van der Waals surface area contributed by atoms with Gasteiger partial charge in [-0.1, -0.05) is 12.1 Å². The average molecular weight is 253 g/mol. The third kappa shape index (κ3) is 2.00. The Hall–Kier alpha value is -2.20. The van der Waals surface area contributed by atoms with Crippen molar-refractivity contribution >= 4 is 11.0 Å². The van der Waals surface area contributed by atoms with Gasteiger partial charge >= 0.3 is 0 Å². The number of rotatable bonds is 2. The maximum absolute atomic E-state index is 9.54. The summed E-state index contributed by atoms with van der Waals surface area (Å²) in [6.45, 7) is 3.74. The van der Waals surface area contributed by atoms with Crippen molar-refractivity contribution in [2.75, 3.05) is 0 Å². The predicted molar refractivity (Wildman–Crippen MR) is 74.2 cm³/mol. The normalized spacial score (nSPS) is 12.8. The zero-order chi connectivity index (χ0) is 13.4. The SMILES string of the molecule is Cc1nc2cnccc2n1-c1ccc(C(C)O)cc1. The molecule has 1 aromatic carbocycles. The summed E-state index contributed by atoms with van der Waals surface area (Å²) < 4.78 is 2.09. The molecule has 0 bridgehead atoms. The van der Waals surface area contributed by atoms with Gasteiger partial charge in [-0.25, -0.2) is 4.98 Å². The maximum atomic E-state index is 9.54. The minimum Gasteiger partial charge on any atom is -0.389 e. The van der Waals surface area contributed by atoms with Gasteiger partial charge in [0, 0.05) is 11.9 Å². The number of nitrogens with zero attached hydrogens (tertiary/aromatic N) is 3. The molecule has 0 radical (unpaired) electrons. The molecule has 0 amide bonds. The molecule has 0 aliphatic rings. The second kappa shape index (κ2) is 4.48. The standard InChI is InChI=1S/C15H15N3O/c1-10(19)12-3-5-13(6-4-12)18-11(2)17-14-9-16-8-7-15(14)18/h3-10,19H,1-2H3. The van der Waals surface area contributed by atoms with Crippen molar-refractivity contribution in [2.24, 2.45) is 0 Å². The van der Waals surface area contributed by atoms with Gasteiger partial charge in [-0.15, -0.1) is 0 Å². The smallest absolute Gasteiger partial charge is 0.111 e. The molecule has 0 saturated carbocycles. The monoisotopic (exact) mass is 253 g/mol. The lowest BCUT2D eigenvalue weighted by Crippen LogP contribution is -1.98. The predicted octanol–water partition coefficient (Wildman–Crippen LogP) is 2.78. The summed E-state index contributed by atoms with van der Waals surface area (Å²) >= 11 is 0. The van der Waals surface area contributed by atoms with Crippen molar-refractivity contribution in [1.29, 1.82) is 0 Å². The molecule has 4 nitrogen and oxygen atoms in total. The van der Waals surface area contributed by atoms with Gasteiger partial charge in [0.2, 0.25) is 0 Å². The molecular weight excluding hydrogens is 238 g/mol. The van der Waals surface area contributed by atoms with E-state index in [0.717, 1.165) is 28.1 Å². The molecule has 0 spiro atoms. The van der Waals surface area contributed by atoms with Crippen molar-refractivity contribution in [2.45, 2.75) is 20.0 Å². The molecule has 3 rings (SSSR count). The number of fused-ring (bicyclic) bond motifs is 1. The largest absolute Gasteiger partial charge is 0.389 e. The summed E-state index contributed by atoms with van der Waals surface area (Å²) in [6.07, 6.45) is 3.09. The van der Waals surface area contributed by atoms with E-state index in [1.54, 1.807) is 19.3 Å². The van der Waals surface area contributed by atoms with Crippen LogP contribution in [0.25, 0.3) is 16.7 Å². The fraction of sp³-hybridized carbons (Fsp3) is 0.200. The average Bonchev–Trinajstić information content (AvgIpc) is 2.74. The van der Waals surface area contributed by atoms with E-state index in [0.29, 0.717) is 0 Å². The first-order chi connectivity index (χ1) is 9.16. The molecule has 1 N–H and O–H groups in total. The Morgan fingerprint density at radius 2 is 1.89 bits per heavy atom. The van der Waals surface area contributed by atoms with Crippen LogP contribution in [0.3, 0.4) is 0 Å². The summed E-state index contributed by atoms with van der Waals surface area (Å²) in [7, 11) is 0. The van der Waals surface area contributed by atoms with Crippen molar-refractivity contribution in [3.63, 3.8) is 0 Å². The van der Waals surface area contributed by atoms with Crippen LogP contribution in [-0.4, -0.2) is 19.6 Å². The summed E-state index contributed by atoms with van der Waals surface area (Å²) in [5.41, 5.74) is 3.87. The molecule has 0 saturated heterocycles. The fourth-order valence-electron chi connectivity index (χ4n) is 2.28. The van der Waals surface area contributed by atoms with E-state index >= 15 is 0 Å². The van der Waals surface area contributed by atoms with Crippen LogP contribution >= 0.6 is 0 Å². The Bertz CT molecular complexity index is 714. The van der Waals surface area contributed by atoms with E-state index < -0.39 is 6.10 Å². The summed E-state index contributed by atoms with van der Waals surface area (Å²) in [4.78, 5) is 8.59. The molecule has 2 heterocycles. The number of hydrogen-bond acceptors (Lipinski definition) is 3. The first-order valence-corrected chi connectivity index (χ1v) is 6.24. The van der Waals surface area contributed by atoms with Crippen molar-refractivity contribution < 1.29 is 5.11 Å². The molecule has 0 aliphatic heterocycles. The number of hydrogen-bond donors (Lipinski definition) is 1. The Kier molecular flexibility index (Phi) is 2.80. The topological polar surface area (TPSA) is 50.9 Å². The summed E-state index contributed by atoms with van der Waals surface area (Å²) in [5, 5.41) is 9.54. The van der Waals surface area contributed by atoms with Gasteiger partial charge in [0.1, 0.15) is 11.3 Å². The fourth-order valence-corrected chi connectivity index (χ4v) is 2.28. The molecular formula is C15H15N3O. The highest BCUT2D eigenvalue weighted by atomic mass is 16.3. The second-order valence-corrected chi connectivity index (χ2v) is 4.63. The Morgan fingerprint density at radius 1 is 1.16 bits per heavy atom. The molecule has 0 fully saturated rings. The molecule has 4 heteroatoms. The quantitative estimate of drug-likeness (QED) is 0.764. The van der Waals surface area contributed by atoms with Crippen LogP contribution in [-0.2, 0) is 0 Å². The summed E-state index contributed by atoms with van der Waals surface area (Å²) in [6, 6.07) is 9.82. The van der Waals surface area contributed by atoms with Gasteiger partial charge in [0.25, 0.3) is 0 Å². The highest BCUT2D eigenvalue weighted by Gasteiger charge is 2.09. The van der Waals surface area contributed by atoms with Gasteiger partial charge in [-0.3, -0.25) is 9.55 Å². The number of aliphatic hydroxyl groups excluding tert-OH is 1. The summed E-state index contributed by atoms with van der Waals surface area (Å²) in [5.74, 6) is 0.924. The van der Waals surface area contributed by atoms with Gasteiger partial charge < -0.3 is 5.11 Å². The third-order valence-electron chi connectivity index (χ3n) is 3.26. The number of pyridine rings is 1. The van der Waals surface area contributed by atoms with Crippen molar-refractivity contribution in [3.05, 3.63) is 54.1 Å². The molecule has 1 atom stereocenters. The van der Waals surface area contributed by atoms with Crippen LogP contribution in [0.15, 0.2) is 42.7 Å². The van der Waals surface area contributed by atoms with Crippen LogP contribution in [0.4, 0.5) is 0 Å². The zero-order valence-electron chi connectivity index (χ0n) is 10.9. The number of imidazole rings is 1. The minimum absolute atomic E-state index is 0.445. The van der Waals surface area contributed by atoms with Crippen LogP contribution in [0.5, 0.6) is 0 Å². The van der Waals surface area contributed by atoms with E-state index in [1.165, 1.54) is 0 Å². The van der Waals surface area contributed by atoms with E-state index in [2.05, 4.69) is 14.5 Å². The third-order valence-corrected chi connectivity index (χ3v) is 3.26. The molecule has 96 valence electrons. The number of aryl methyl sites for hydroxylation is 1. The minimum atomic E-state index is -0.445. The highest BCUT2D eigenvalue weighted by Crippen LogP contribution is 2.22.